The van der Waals surface area contributed by atoms with Crippen molar-refractivity contribution in [2.75, 3.05) is 6.61 Å². The average molecular weight is 410 g/mol. The Bertz CT molecular complexity index is 985. The maximum atomic E-state index is 11.9. The van der Waals surface area contributed by atoms with Gasteiger partial charge >= 0.3 is 0 Å². The average Bonchev–Trinajstić information content (AvgIpc) is 3.16. The van der Waals surface area contributed by atoms with Gasteiger partial charge in [-0.25, -0.2) is 0 Å². The molecule has 0 radical (unpaired) electrons. The molecule has 0 aliphatic carbocycles. The number of hydrogen-bond acceptors (Lipinski definition) is 7. The van der Waals surface area contributed by atoms with E-state index in [0.717, 1.165) is 15.9 Å². The predicted molar refractivity (Wildman–Crippen MR) is 106 cm³/mol. The molecule has 1 aromatic heterocycles. The van der Waals surface area contributed by atoms with Gasteiger partial charge in [-0.05, 0) is 54.5 Å². The summed E-state index contributed by atoms with van der Waals surface area (Å²) in [6.07, 6.45) is 0. The first-order valence-electron chi connectivity index (χ1n) is 9.21. The summed E-state index contributed by atoms with van der Waals surface area (Å²) in [5, 5.41) is 11.7. The van der Waals surface area contributed by atoms with E-state index in [1.54, 1.807) is 0 Å². The molecule has 0 aliphatic heterocycles. The summed E-state index contributed by atoms with van der Waals surface area (Å²) in [6, 6.07) is 14.9. The first-order chi connectivity index (χ1) is 14.5. The molecule has 3 rings (SSSR count). The zero-order valence-corrected chi connectivity index (χ0v) is 16.7. The van der Waals surface area contributed by atoms with Crippen LogP contribution in [0.3, 0.4) is 0 Å². The zero-order chi connectivity index (χ0) is 21.3. The molecular formula is C20H22N6O4. The van der Waals surface area contributed by atoms with Crippen LogP contribution >= 0.6 is 0 Å². The standard InChI is InChI=1S/C20H22N6O4/c1-14-8-15(2)10-17(9-14)30-13-20(28)23-22-19(27)11-26-24-18(21-25-26)12-29-16-6-4-3-5-7-16/h3-10H,11-13H2,1-2H3,(H,22,27)(H,23,28). The van der Waals surface area contributed by atoms with Crippen molar-refractivity contribution in [1.82, 2.24) is 31.1 Å². The smallest absolute Gasteiger partial charge is 0.276 e. The van der Waals surface area contributed by atoms with Gasteiger partial charge in [-0.3, -0.25) is 20.4 Å². The van der Waals surface area contributed by atoms with Crippen molar-refractivity contribution in [3.05, 3.63) is 65.5 Å². The number of nitrogens with zero attached hydrogens (tertiary/aromatic N) is 4. The van der Waals surface area contributed by atoms with Crippen LogP contribution in [-0.2, 0) is 22.7 Å². The summed E-state index contributed by atoms with van der Waals surface area (Å²) < 4.78 is 10.9. The van der Waals surface area contributed by atoms with Crippen LogP contribution in [0.25, 0.3) is 0 Å². The first kappa shape index (κ1) is 20.8. The third-order valence-corrected chi connectivity index (χ3v) is 3.80. The minimum atomic E-state index is -0.511. The van der Waals surface area contributed by atoms with Crippen molar-refractivity contribution in [2.45, 2.75) is 27.0 Å². The van der Waals surface area contributed by atoms with Gasteiger partial charge in [0.05, 0.1) is 0 Å². The zero-order valence-electron chi connectivity index (χ0n) is 16.7. The lowest BCUT2D eigenvalue weighted by atomic mass is 10.1. The van der Waals surface area contributed by atoms with Gasteiger partial charge in [0.25, 0.3) is 11.8 Å². The summed E-state index contributed by atoms with van der Waals surface area (Å²) in [5.74, 6) is 0.592. The molecule has 0 unspecified atom stereocenters. The fourth-order valence-corrected chi connectivity index (χ4v) is 2.57. The summed E-state index contributed by atoms with van der Waals surface area (Å²) in [6.45, 7) is 3.56. The van der Waals surface area contributed by atoms with Gasteiger partial charge in [0.2, 0.25) is 5.82 Å². The first-order valence-corrected chi connectivity index (χ1v) is 9.21. The van der Waals surface area contributed by atoms with Crippen molar-refractivity contribution in [3.63, 3.8) is 0 Å². The molecule has 1 heterocycles. The van der Waals surface area contributed by atoms with E-state index < -0.39 is 11.8 Å². The van der Waals surface area contributed by atoms with E-state index >= 15 is 0 Å². The lowest BCUT2D eigenvalue weighted by Crippen LogP contribution is -2.45. The Hall–Kier alpha value is -3.95. The summed E-state index contributed by atoms with van der Waals surface area (Å²) in [7, 11) is 0. The molecule has 0 saturated heterocycles. The number of rotatable bonds is 8. The fourth-order valence-electron chi connectivity index (χ4n) is 2.57. The second kappa shape index (κ2) is 10.0. The summed E-state index contributed by atoms with van der Waals surface area (Å²) >= 11 is 0. The summed E-state index contributed by atoms with van der Waals surface area (Å²) in [4.78, 5) is 24.9. The molecule has 0 atom stereocenters. The van der Waals surface area contributed by atoms with Crippen molar-refractivity contribution < 1.29 is 19.1 Å². The highest BCUT2D eigenvalue weighted by Crippen LogP contribution is 2.15. The molecule has 0 spiro atoms. The van der Waals surface area contributed by atoms with Crippen molar-refractivity contribution in [2.24, 2.45) is 0 Å². The van der Waals surface area contributed by atoms with E-state index in [4.69, 9.17) is 9.47 Å². The molecule has 3 aromatic rings. The maximum Gasteiger partial charge on any atom is 0.276 e. The number of aromatic nitrogens is 4. The van der Waals surface area contributed by atoms with E-state index in [1.807, 2.05) is 62.4 Å². The van der Waals surface area contributed by atoms with Gasteiger partial charge in [-0.2, -0.15) is 4.80 Å². The van der Waals surface area contributed by atoms with Crippen LogP contribution < -0.4 is 20.3 Å². The number of para-hydroxylation sites is 1. The van der Waals surface area contributed by atoms with E-state index in [1.165, 1.54) is 0 Å². The topological polar surface area (TPSA) is 120 Å². The Balaban J connectivity index is 1.38. The van der Waals surface area contributed by atoms with E-state index in [0.29, 0.717) is 17.3 Å². The Morgan fingerprint density at radius 1 is 0.933 bits per heavy atom. The molecule has 2 N–H and O–H groups in total. The Labute approximate surface area is 173 Å². The number of nitrogens with one attached hydrogen (secondary N) is 2. The third-order valence-electron chi connectivity index (χ3n) is 3.80. The van der Waals surface area contributed by atoms with Crippen molar-refractivity contribution in [1.29, 1.82) is 0 Å². The number of carbonyl (C=O) groups excluding carboxylic acids is 2. The van der Waals surface area contributed by atoms with Crippen molar-refractivity contribution in [3.8, 4) is 11.5 Å². The predicted octanol–water partition coefficient (Wildman–Crippen LogP) is 1.10. The number of amides is 2. The number of carbonyl (C=O) groups is 2. The van der Waals surface area contributed by atoms with Gasteiger partial charge in [0.15, 0.2) is 13.2 Å². The van der Waals surface area contributed by atoms with Crippen LogP contribution in [0.1, 0.15) is 17.0 Å². The Kier molecular flexibility index (Phi) is 6.93. The van der Waals surface area contributed by atoms with Crippen LogP contribution in [0.5, 0.6) is 11.5 Å². The van der Waals surface area contributed by atoms with Crippen LogP contribution in [0, 0.1) is 13.8 Å². The molecule has 0 saturated carbocycles. The van der Waals surface area contributed by atoms with Crippen LogP contribution in [-0.4, -0.2) is 38.6 Å². The van der Waals surface area contributed by atoms with Crippen LogP contribution in [0.4, 0.5) is 0 Å². The van der Waals surface area contributed by atoms with Gasteiger partial charge in [-0.15, -0.1) is 10.2 Å². The molecular weight excluding hydrogens is 388 g/mol. The van der Waals surface area contributed by atoms with Gasteiger partial charge < -0.3 is 9.47 Å². The van der Waals surface area contributed by atoms with E-state index in [2.05, 4.69) is 26.3 Å². The highest BCUT2D eigenvalue weighted by Gasteiger charge is 2.10. The quantitative estimate of drug-likeness (QED) is 0.534. The highest BCUT2D eigenvalue weighted by molar-refractivity contribution is 5.82. The second-order valence-corrected chi connectivity index (χ2v) is 6.55. The number of hydrazine groups is 1. The summed E-state index contributed by atoms with van der Waals surface area (Å²) in [5.41, 5.74) is 6.63. The minimum Gasteiger partial charge on any atom is -0.485 e. The monoisotopic (exact) mass is 410 g/mol. The van der Waals surface area contributed by atoms with Gasteiger partial charge in [0, 0.05) is 0 Å². The highest BCUT2D eigenvalue weighted by atomic mass is 16.5. The van der Waals surface area contributed by atoms with Gasteiger partial charge in [0.1, 0.15) is 18.0 Å². The van der Waals surface area contributed by atoms with Crippen molar-refractivity contribution >= 4 is 11.8 Å². The van der Waals surface area contributed by atoms with E-state index in [9.17, 15) is 9.59 Å². The maximum absolute atomic E-state index is 11.9. The third kappa shape index (κ3) is 6.59. The molecule has 0 bridgehead atoms. The fraction of sp³-hybridized carbons (Fsp3) is 0.250. The normalized spacial score (nSPS) is 10.3. The molecule has 10 nitrogen and oxygen atoms in total. The molecule has 0 aliphatic rings. The van der Waals surface area contributed by atoms with Crippen LogP contribution in [0.2, 0.25) is 0 Å². The minimum absolute atomic E-state index is 0.123. The largest absolute Gasteiger partial charge is 0.485 e. The number of tetrazole rings is 1. The second-order valence-electron chi connectivity index (χ2n) is 6.55. The molecule has 10 heteroatoms. The number of ether oxygens (including phenoxy) is 2. The number of hydrogen-bond donors (Lipinski definition) is 2. The van der Waals surface area contributed by atoms with Gasteiger partial charge in [-0.1, -0.05) is 24.3 Å². The SMILES string of the molecule is Cc1cc(C)cc(OCC(=O)NNC(=O)Cn2nnc(COc3ccccc3)n2)c1. The lowest BCUT2D eigenvalue weighted by molar-refractivity contribution is -0.130. The van der Waals surface area contributed by atoms with E-state index in [-0.39, 0.29) is 19.8 Å². The number of benzene rings is 2. The molecule has 30 heavy (non-hydrogen) atoms. The molecule has 2 amide bonds. The molecule has 2 aromatic carbocycles. The molecule has 156 valence electrons. The number of aryl methyl sites for hydroxylation is 2. The molecule has 0 fully saturated rings. The van der Waals surface area contributed by atoms with Crippen LogP contribution in [0.15, 0.2) is 48.5 Å². The lowest BCUT2D eigenvalue weighted by Gasteiger charge is -2.09. The Morgan fingerprint density at radius 2 is 1.63 bits per heavy atom. The Morgan fingerprint density at radius 3 is 2.37 bits per heavy atom.